The first kappa shape index (κ1) is 17.0. The first-order valence-electron chi connectivity index (χ1n) is 7.15. The van der Waals surface area contributed by atoms with Crippen LogP contribution in [0.1, 0.15) is 11.1 Å². The maximum Gasteiger partial charge on any atom is 0.232 e. The molecule has 2 nitrogen and oxygen atoms in total. The van der Waals surface area contributed by atoms with E-state index in [-0.39, 0.29) is 5.91 Å². The summed E-state index contributed by atoms with van der Waals surface area (Å²) in [6, 6.07) is 16.6. The van der Waals surface area contributed by atoms with Crippen LogP contribution in [0.15, 0.2) is 58.3 Å². The second-order valence-electron chi connectivity index (χ2n) is 5.20. The van der Waals surface area contributed by atoms with Gasteiger partial charge in [-0.2, -0.15) is 0 Å². The zero-order chi connectivity index (χ0) is 15.9. The second kappa shape index (κ2) is 8.30. The predicted octanol–water partition coefficient (Wildman–Crippen LogP) is 4.47. The first-order chi connectivity index (χ1) is 10.6. The minimum atomic E-state index is 0.152. The Balaban J connectivity index is 1.84. The lowest BCUT2D eigenvalue weighted by molar-refractivity contribution is -0.127. The fraction of sp³-hybridized carbons (Fsp3) is 0.278. The number of benzene rings is 2. The third-order valence-corrected chi connectivity index (χ3v) is 5.13. The Labute approximate surface area is 141 Å². The normalized spacial score (nSPS) is 10.5. The van der Waals surface area contributed by atoms with Gasteiger partial charge in [0.2, 0.25) is 5.91 Å². The summed E-state index contributed by atoms with van der Waals surface area (Å²) in [6.07, 6.45) is 2.06. The molecule has 1 amide bonds. The Morgan fingerprint density at radius 2 is 1.59 bits per heavy atom. The highest BCUT2D eigenvalue weighted by molar-refractivity contribution is 8.00. The molecular weight excluding hydrogens is 310 g/mol. The summed E-state index contributed by atoms with van der Waals surface area (Å²) >= 11 is 3.31. The topological polar surface area (TPSA) is 20.3 Å². The minimum absolute atomic E-state index is 0.152. The molecule has 0 aliphatic rings. The highest BCUT2D eigenvalue weighted by Crippen LogP contribution is 2.19. The second-order valence-corrected chi connectivity index (χ2v) is 7.13. The van der Waals surface area contributed by atoms with Crippen LogP contribution in [-0.4, -0.2) is 29.9 Å². The average Bonchev–Trinajstić information content (AvgIpc) is 2.54. The van der Waals surface area contributed by atoms with E-state index < -0.39 is 0 Å². The number of carbonyl (C=O) groups is 1. The molecule has 4 heteroatoms. The van der Waals surface area contributed by atoms with Gasteiger partial charge < -0.3 is 4.90 Å². The van der Waals surface area contributed by atoms with Gasteiger partial charge in [0.15, 0.2) is 0 Å². The predicted molar refractivity (Wildman–Crippen MR) is 96.6 cm³/mol. The molecule has 0 spiro atoms. The van der Waals surface area contributed by atoms with Gasteiger partial charge in [-0.05, 0) is 43.0 Å². The van der Waals surface area contributed by atoms with Crippen LogP contribution in [-0.2, 0) is 11.3 Å². The standard InChI is InChI=1S/C18H21NOS2/c1-14-4-8-17(9-5-14)22-13-18(20)19(2)12-15-6-10-16(21-3)11-7-15/h4-11H,12-13H2,1-3H3. The summed E-state index contributed by atoms with van der Waals surface area (Å²) in [6.45, 7) is 2.72. The van der Waals surface area contributed by atoms with Crippen LogP contribution in [0.25, 0.3) is 0 Å². The van der Waals surface area contributed by atoms with Crippen LogP contribution in [0.2, 0.25) is 0 Å². The molecule has 0 aliphatic carbocycles. The van der Waals surface area contributed by atoms with Crippen LogP contribution in [0.3, 0.4) is 0 Å². The minimum Gasteiger partial charge on any atom is -0.341 e. The summed E-state index contributed by atoms with van der Waals surface area (Å²) < 4.78 is 0. The van der Waals surface area contributed by atoms with Gasteiger partial charge in [0.25, 0.3) is 0 Å². The number of hydrogen-bond acceptors (Lipinski definition) is 3. The largest absolute Gasteiger partial charge is 0.341 e. The van der Waals surface area contributed by atoms with Gasteiger partial charge in [0, 0.05) is 23.4 Å². The van der Waals surface area contributed by atoms with Gasteiger partial charge in [0.05, 0.1) is 5.75 Å². The molecule has 0 heterocycles. The van der Waals surface area contributed by atoms with E-state index in [2.05, 4.69) is 61.7 Å². The van der Waals surface area contributed by atoms with Crippen LogP contribution in [0.4, 0.5) is 0 Å². The molecule has 0 fully saturated rings. The zero-order valence-electron chi connectivity index (χ0n) is 13.2. The van der Waals surface area contributed by atoms with Crippen molar-refractivity contribution in [2.24, 2.45) is 0 Å². The van der Waals surface area contributed by atoms with Crippen LogP contribution in [0.5, 0.6) is 0 Å². The van der Waals surface area contributed by atoms with E-state index in [9.17, 15) is 4.79 Å². The van der Waals surface area contributed by atoms with E-state index in [1.54, 1.807) is 28.4 Å². The number of rotatable bonds is 6. The Kier molecular flexibility index (Phi) is 6.40. The molecule has 0 N–H and O–H groups in total. The van der Waals surface area contributed by atoms with Gasteiger partial charge in [-0.3, -0.25) is 4.79 Å². The molecule has 2 aromatic rings. The number of carbonyl (C=O) groups excluding carboxylic acids is 1. The van der Waals surface area contributed by atoms with Gasteiger partial charge in [-0.15, -0.1) is 23.5 Å². The summed E-state index contributed by atoms with van der Waals surface area (Å²) in [5.74, 6) is 0.627. The van der Waals surface area contributed by atoms with Crippen molar-refractivity contribution in [3.8, 4) is 0 Å². The highest BCUT2D eigenvalue weighted by Gasteiger charge is 2.10. The van der Waals surface area contributed by atoms with E-state index in [1.165, 1.54) is 10.5 Å². The fourth-order valence-corrected chi connectivity index (χ4v) is 3.23. The van der Waals surface area contributed by atoms with Crippen molar-refractivity contribution < 1.29 is 4.79 Å². The van der Waals surface area contributed by atoms with E-state index >= 15 is 0 Å². The molecule has 0 unspecified atom stereocenters. The summed E-state index contributed by atoms with van der Waals surface area (Å²) in [5.41, 5.74) is 2.40. The lowest BCUT2D eigenvalue weighted by Crippen LogP contribution is -2.27. The summed E-state index contributed by atoms with van der Waals surface area (Å²) in [5, 5.41) is 0. The number of hydrogen-bond donors (Lipinski definition) is 0. The Bertz CT molecular complexity index is 608. The molecule has 0 saturated heterocycles. The molecule has 116 valence electrons. The van der Waals surface area contributed by atoms with E-state index in [0.717, 1.165) is 10.5 Å². The molecule has 2 aromatic carbocycles. The van der Waals surface area contributed by atoms with Gasteiger partial charge >= 0.3 is 0 Å². The Morgan fingerprint density at radius 3 is 2.18 bits per heavy atom. The van der Waals surface area contributed by atoms with Gasteiger partial charge in [0.1, 0.15) is 0 Å². The fourth-order valence-electron chi connectivity index (χ4n) is 1.98. The van der Waals surface area contributed by atoms with Crippen molar-refractivity contribution in [3.05, 3.63) is 59.7 Å². The SMILES string of the molecule is CSc1ccc(CN(C)C(=O)CSc2ccc(C)cc2)cc1. The molecule has 22 heavy (non-hydrogen) atoms. The maximum atomic E-state index is 12.2. The van der Waals surface area contributed by atoms with Crippen LogP contribution < -0.4 is 0 Å². The first-order valence-corrected chi connectivity index (χ1v) is 9.36. The van der Waals surface area contributed by atoms with Crippen molar-refractivity contribution in [2.75, 3.05) is 19.1 Å². The highest BCUT2D eigenvalue weighted by atomic mass is 32.2. The van der Waals surface area contributed by atoms with Crippen molar-refractivity contribution in [1.29, 1.82) is 0 Å². The lowest BCUT2D eigenvalue weighted by Gasteiger charge is -2.17. The van der Waals surface area contributed by atoms with Crippen LogP contribution >= 0.6 is 23.5 Å². The number of thioether (sulfide) groups is 2. The average molecular weight is 332 g/mol. The molecule has 0 bridgehead atoms. The van der Waals surface area contributed by atoms with Gasteiger partial charge in [-0.25, -0.2) is 0 Å². The molecule has 0 atom stereocenters. The molecule has 2 rings (SSSR count). The van der Waals surface area contributed by atoms with Crippen molar-refractivity contribution in [3.63, 3.8) is 0 Å². The zero-order valence-corrected chi connectivity index (χ0v) is 14.8. The lowest BCUT2D eigenvalue weighted by atomic mass is 10.2. The Hall–Kier alpha value is -1.39. The molecule has 0 radical (unpaired) electrons. The number of nitrogens with zero attached hydrogens (tertiary/aromatic N) is 1. The number of aryl methyl sites for hydroxylation is 1. The third-order valence-electron chi connectivity index (χ3n) is 3.39. The van der Waals surface area contributed by atoms with Crippen LogP contribution in [0, 0.1) is 6.92 Å². The monoisotopic (exact) mass is 331 g/mol. The summed E-state index contributed by atoms with van der Waals surface area (Å²) in [4.78, 5) is 16.4. The third kappa shape index (κ3) is 5.11. The smallest absolute Gasteiger partial charge is 0.232 e. The maximum absolute atomic E-state index is 12.2. The quantitative estimate of drug-likeness (QED) is 0.729. The van der Waals surface area contributed by atoms with Crippen molar-refractivity contribution in [1.82, 2.24) is 4.90 Å². The molecule has 0 saturated carbocycles. The van der Waals surface area contributed by atoms with E-state index in [1.807, 2.05) is 7.05 Å². The molecular formula is C18H21NOS2. The summed E-state index contributed by atoms with van der Waals surface area (Å²) in [7, 11) is 1.86. The van der Waals surface area contributed by atoms with Gasteiger partial charge in [-0.1, -0.05) is 29.8 Å². The van der Waals surface area contributed by atoms with E-state index in [4.69, 9.17) is 0 Å². The molecule has 0 aliphatic heterocycles. The Morgan fingerprint density at radius 1 is 1.00 bits per heavy atom. The van der Waals surface area contributed by atoms with Crippen molar-refractivity contribution in [2.45, 2.75) is 23.3 Å². The number of amides is 1. The van der Waals surface area contributed by atoms with E-state index in [0.29, 0.717) is 12.3 Å². The van der Waals surface area contributed by atoms with Crippen molar-refractivity contribution >= 4 is 29.4 Å². The molecule has 0 aromatic heterocycles.